The predicted octanol–water partition coefficient (Wildman–Crippen LogP) is 1.50. The van der Waals surface area contributed by atoms with Crippen LogP contribution in [0.4, 0.5) is 4.79 Å². The van der Waals surface area contributed by atoms with E-state index in [2.05, 4.69) is 37.1 Å². The van der Waals surface area contributed by atoms with E-state index in [0.29, 0.717) is 51.4 Å². The van der Waals surface area contributed by atoms with Crippen molar-refractivity contribution in [2.75, 3.05) is 39.1 Å². The number of carboxylic acids is 6. The first-order valence-corrected chi connectivity index (χ1v) is 44.1. The van der Waals surface area contributed by atoms with Crippen LogP contribution >= 0.6 is 11.8 Å². The third-order valence-corrected chi connectivity index (χ3v) is 26.1. The van der Waals surface area contributed by atoms with E-state index >= 15 is 0 Å². The lowest BCUT2D eigenvalue weighted by Gasteiger charge is -2.43. The number of ketones is 4. The SMILES string of the molecule is COc1cccc2c1C(=O)c1c(O)c3c(c(O)c1C2=O)CC(O)(/C(CO)=N/NC(=O)C1CCC(CN2C(=O)CC(SCC(NC(=O)C(CCC(=O)O)CC(=O)C(CCC(=O)O)CC(=O)C(CCC(=O)O)NC(=O)CCCCCNC(=O)C4CCC(CNC(=O)CCC(NC(=O)NC(CCC(=O)O)C(=O)O)C(=O)O)CC4)C(N)=O)C2=O)CC1)CC3OC1CC(N)C(C)C(C)O1. The number of likely N-dealkylation sites (tertiary alicyclic amines) is 1. The molecule has 2 heterocycles. The number of imide groups is 1. The van der Waals surface area contributed by atoms with Crippen LogP contribution in [0, 0.1) is 41.4 Å². The second kappa shape index (κ2) is 47.6. The first-order chi connectivity index (χ1) is 61.0. The second-order valence-corrected chi connectivity index (χ2v) is 35.1. The number of aromatic hydroxyl groups is 2. The minimum absolute atomic E-state index is 0.0114. The lowest BCUT2D eigenvalue weighted by Crippen LogP contribution is -2.51. The molecular weight excluding hydrogens is 1720 g/mol. The van der Waals surface area contributed by atoms with Crippen LogP contribution in [0.25, 0.3) is 0 Å². The number of methoxy groups -OCH3 is 1. The summed E-state index contributed by atoms with van der Waals surface area (Å²) in [5.74, 6) is -23.8. The molecule has 44 heteroatoms. The summed E-state index contributed by atoms with van der Waals surface area (Å²) in [4.78, 5) is 247. The largest absolute Gasteiger partial charge is 0.507 e. The molecule has 43 nitrogen and oxygen atoms in total. The van der Waals surface area contributed by atoms with E-state index in [-0.39, 0.29) is 129 Å². The Hall–Kier alpha value is -11.6. The average Bonchev–Trinajstić information content (AvgIpc) is 0.915. The average molecular weight is 1830 g/mol. The lowest BCUT2D eigenvalue weighted by molar-refractivity contribution is -0.234. The molecule has 4 aliphatic carbocycles. The van der Waals surface area contributed by atoms with Crippen molar-refractivity contribution < 1.29 is 156 Å². The Kier molecular flexibility index (Phi) is 37.9. The molecule has 0 spiro atoms. The molecule has 129 heavy (non-hydrogen) atoms. The molecule has 8 rings (SSSR count). The second-order valence-electron chi connectivity index (χ2n) is 33.8. The number of hydrogen-bond donors (Lipinski definition) is 19. The summed E-state index contributed by atoms with van der Waals surface area (Å²) >= 11 is 0.800. The number of nitrogens with two attached hydrogens (primary N) is 2. The summed E-state index contributed by atoms with van der Waals surface area (Å²) < 4.78 is 18.0. The van der Waals surface area contributed by atoms with Gasteiger partial charge in [-0.1, -0.05) is 25.5 Å². The molecule has 21 N–H and O–H groups in total. The molecular formula is C85H115N11O32S. The van der Waals surface area contributed by atoms with Crippen molar-refractivity contribution in [1.29, 1.82) is 0 Å². The predicted molar refractivity (Wildman–Crippen MR) is 449 cm³/mol. The first kappa shape index (κ1) is 103. The van der Waals surface area contributed by atoms with E-state index in [1.807, 2.05) is 12.2 Å². The van der Waals surface area contributed by atoms with Crippen molar-refractivity contribution in [3.63, 3.8) is 0 Å². The summed E-state index contributed by atoms with van der Waals surface area (Å²) in [6, 6.07) is -3.64. The van der Waals surface area contributed by atoms with Gasteiger partial charge < -0.3 is 109 Å². The molecule has 2 saturated heterocycles. The summed E-state index contributed by atoms with van der Waals surface area (Å²) in [6.45, 7) is 3.08. The number of fused-ring (bicyclic) bond motifs is 3. The zero-order chi connectivity index (χ0) is 95.0. The highest BCUT2D eigenvalue weighted by Gasteiger charge is 2.51. The number of unbranched alkanes of at least 4 members (excludes halogenated alkanes) is 2. The maximum Gasteiger partial charge on any atom is 0.326 e. The number of nitrogens with one attached hydrogen (secondary N) is 7. The minimum Gasteiger partial charge on any atom is -0.507 e. The number of amides is 10. The number of ether oxygens (including phenoxy) is 3. The number of carbonyl (C=O) groups excluding carboxylic acids is 13. The molecule has 2 aromatic carbocycles. The summed E-state index contributed by atoms with van der Waals surface area (Å²) in [7, 11) is 1.29. The summed E-state index contributed by atoms with van der Waals surface area (Å²) in [6.07, 6.45) is -7.02. The van der Waals surface area contributed by atoms with Crippen molar-refractivity contribution in [2.45, 2.75) is 253 Å². The van der Waals surface area contributed by atoms with Gasteiger partial charge in [-0.05, 0) is 127 Å². The number of aliphatic hydroxyl groups is 2. The molecule has 13 unspecified atom stereocenters. The van der Waals surface area contributed by atoms with Gasteiger partial charge in [-0.15, -0.1) is 11.8 Å². The van der Waals surface area contributed by atoms with E-state index in [4.69, 9.17) is 30.8 Å². The fraction of sp³-hybridized carbons (Fsp3) is 0.624. The van der Waals surface area contributed by atoms with E-state index < -0.39 is 301 Å². The Morgan fingerprint density at radius 2 is 1.21 bits per heavy atom. The molecule has 0 aromatic heterocycles. The van der Waals surface area contributed by atoms with Gasteiger partial charge in [0.2, 0.25) is 53.0 Å². The number of carboxylic acid groups (broad SMARTS) is 6. The normalized spacial score (nSPS) is 23.3. The minimum atomic E-state index is -2.28. The smallest absolute Gasteiger partial charge is 0.326 e. The number of nitrogens with zero attached hydrogens (tertiary/aromatic N) is 2. The van der Waals surface area contributed by atoms with Crippen LogP contribution < -0.4 is 53.5 Å². The standard InChI is InChI=1S/C85H115N11O32S/c1-40-41(2)127-68(32-50(40)86)128-58-35-85(125,34-49-70(58)76(114)72-71(74(49)112)73(111)48-8-7-9-57(126-3)69(48)75(72)113)60(38-97)94-95-80(118)45-17-13-43(14-18-45)37-96-63(102)33-59(81(96)119)129-39-54(77(87)115)91-79(117)47(20-26-65(105)106)31-55(98)46(19-25-64(103)104)30-56(99)51(22-27-66(107)108)90-62(101)10-5-4-6-29-88-78(116)44-15-11-42(12-16-44)36-89-61(100)24-21-52(82(120)121)92-84(124)93-53(83(122)123)23-28-67(109)110/h7-9,40-47,50-54,58-59,68,97,112,114,125H,4-6,10-39,86H2,1-3H3,(H2,87,115)(H,88,116)(H,89,100)(H,90,101)(H,91,117)(H,95,118)(H,103,104)(H,105,106)(H,107,108)(H,109,110)(H,120,121)(H,122,123)(H2,92,93,124)/b94-60+. The highest BCUT2D eigenvalue weighted by Crippen LogP contribution is 2.53. The number of hydrazone groups is 1. The number of thioether (sulfide) groups is 1. The number of hydrogen-bond acceptors (Lipinski definition) is 29. The van der Waals surface area contributed by atoms with E-state index in [0.717, 1.165) is 16.7 Å². The molecule has 10 amide bonds. The van der Waals surface area contributed by atoms with Gasteiger partial charge in [0.05, 0.1) is 59.6 Å². The quantitative estimate of drug-likeness (QED) is 0.0125. The van der Waals surface area contributed by atoms with Crippen molar-refractivity contribution in [3.8, 4) is 17.2 Å². The van der Waals surface area contributed by atoms with Crippen molar-refractivity contribution >= 4 is 130 Å². The molecule has 4 fully saturated rings. The van der Waals surface area contributed by atoms with E-state index in [1.54, 1.807) is 6.92 Å². The number of Topliss-reactive ketones (excluding diaryl/α,β-unsaturated/α-hetero) is 2. The van der Waals surface area contributed by atoms with Crippen LogP contribution in [0.3, 0.4) is 0 Å². The highest BCUT2D eigenvalue weighted by molar-refractivity contribution is 8.00. The van der Waals surface area contributed by atoms with E-state index in [1.165, 1.54) is 25.3 Å². The van der Waals surface area contributed by atoms with Crippen molar-refractivity contribution in [2.24, 2.45) is 58.0 Å². The summed E-state index contributed by atoms with van der Waals surface area (Å²) in [5, 5.41) is 122. The Morgan fingerprint density at radius 3 is 1.80 bits per heavy atom. The number of phenolic OH excluding ortho intramolecular Hbond substituents is 2. The first-order valence-electron chi connectivity index (χ1n) is 43.0. The molecule has 13 atom stereocenters. The molecule has 2 aliphatic heterocycles. The molecule has 2 aromatic rings. The number of primary amides is 1. The van der Waals surface area contributed by atoms with Gasteiger partial charge in [-0.3, -0.25) is 81.6 Å². The third kappa shape index (κ3) is 28.4. The molecule has 0 radical (unpaired) electrons. The van der Waals surface area contributed by atoms with Gasteiger partial charge in [0.1, 0.15) is 46.8 Å². The van der Waals surface area contributed by atoms with Gasteiger partial charge in [-0.2, -0.15) is 5.10 Å². The Morgan fingerprint density at radius 1 is 0.636 bits per heavy atom. The number of aliphatic carboxylic acids is 6. The monoisotopic (exact) mass is 1830 g/mol. The Labute approximate surface area is 744 Å². The fourth-order valence-electron chi connectivity index (χ4n) is 17.0. The number of carbonyl (C=O) groups is 19. The number of rotatable bonds is 50. The van der Waals surface area contributed by atoms with E-state index in [9.17, 15) is 137 Å². The van der Waals surface area contributed by atoms with Crippen LogP contribution in [0.2, 0.25) is 0 Å². The van der Waals surface area contributed by atoms with Gasteiger partial charge >= 0.3 is 41.8 Å². The van der Waals surface area contributed by atoms with Gasteiger partial charge in [0.15, 0.2) is 17.9 Å². The van der Waals surface area contributed by atoms with Gasteiger partial charge in [0.25, 0.3) is 0 Å². The van der Waals surface area contributed by atoms with Crippen LogP contribution in [0.1, 0.15) is 236 Å². The van der Waals surface area contributed by atoms with Gasteiger partial charge in [0, 0.05) is 149 Å². The number of aliphatic hydroxyl groups excluding tert-OH is 1. The Bertz CT molecular complexity index is 4590. The topological polar surface area (TPSA) is 706 Å². The maximum absolute atomic E-state index is 14.3. The van der Waals surface area contributed by atoms with Gasteiger partial charge in [-0.25, -0.2) is 19.8 Å². The van der Waals surface area contributed by atoms with Crippen LogP contribution in [0.5, 0.6) is 17.2 Å². The fourth-order valence-corrected chi connectivity index (χ4v) is 18.2. The molecule has 2 saturated carbocycles. The molecule has 0 bridgehead atoms. The highest BCUT2D eigenvalue weighted by atomic mass is 32.2. The number of benzene rings is 2. The number of phenols is 2. The van der Waals surface area contributed by atoms with Crippen LogP contribution in [0.15, 0.2) is 23.3 Å². The maximum atomic E-state index is 14.3. The molecule has 6 aliphatic rings. The van der Waals surface area contributed by atoms with Crippen LogP contribution in [-0.2, 0) is 92.6 Å². The molecule has 708 valence electrons. The summed E-state index contributed by atoms with van der Waals surface area (Å²) in [5.41, 5.74) is 10.2. The zero-order valence-electron chi connectivity index (χ0n) is 71.7. The lowest BCUT2D eigenvalue weighted by atomic mass is 9.71. The van der Waals surface area contributed by atoms with Crippen LogP contribution in [-0.4, -0.2) is 266 Å². The Balaban J connectivity index is 0.783. The van der Waals surface area contributed by atoms with Crippen molar-refractivity contribution in [3.05, 3.63) is 51.6 Å². The third-order valence-electron chi connectivity index (χ3n) is 24.8. The van der Waals surface area contributed by atoms with Crippen molar-refractivity contribution in [1.82, 2.24) is 42.2 Å². The number of urea groups is 1. The zero-order valence-corrected chi connectivity index (χ0v) is 72.5.